The molecule has 1 amide bonds. The first-order valence-corrected chi connectivity index (χ1v) is 8.51. The van der Waals surface area contributed by atoms with Gasteiger partial charge >= 0.3 is 6.73 Å². The average molecular weight is 357 g/mol. The summed E-state index contributed by atoms with van der Waals surface area (Å²) in [5, 5.41) is 2.97. The summed E-state index contributed by atoms with van der Waals surface area (Å²) in [6, 6.07) is 1.93. The Morgan fingerprint density at radius 3 is 2.50 bits per heavy atom. The maximum atomic E-state index is 14.2. The van der Waals surface area contributed by atoms with Crippen molar-refractivity contribution in [3.05, 3.63) is 29.4 Å². The first-order chi connectivity index (χ1) is 11.0. The molecule has 1 rings (SSSR count). The van der Waals surface area contributed by atoms with Gasteiger partial charge < -0.3 is 10.1 Å². The molecule has 0 fully saturated rings. The second-order valence-electron chi connectivity index (χ2n) is 6.29. The summed E-state index contributed by atoms with van der Waals surface area (Å²) >= 11 is 0. The van der Waals surface area contributed by atoms with Crippen molar-refractivity contribution in [2.75, 3.05) is 18.6 Å². The summed E-state index contributed by atoms with van der Waals surface area (Å²) < 4.78 is 45.1. The summed E-state index contributed by atoms with van der Waals surface area (Å²) in [6.45, 7) is 13.8. The van der Waals surface area contributed by atoms with Crippen molar-refractivity contribution >= 4 is 21.6 Å². The van der Waals surface area contributed by atoms with Crippen molar-refractivity contribution in [2.45, 2.75) is 32.6 Å². The van der Waals surface area contributed by atoms with Crippen LogP contribution in [0.15, 0.2) is 17.0 Å². The molecule has 0 aliphatic heterocycles. The monoisotopic (exact) mass is 357 g/mol. The van der Waals surface area contributed by atoms with Crippen molar-refractivity contribution in [1.82, 2.24) is 4.72 Å². The van der Waals surface area contributed by atoms with E-state index in [-0.39, 0.29) is 23.6 Å². The van der Waals surface area contributed by atoms with Crippen LogP contribution in [0.5, 0.6) is 5.75 Å². The molecule has 0 heterocycles. The number of amides is 1. The minimum atomic E-state index is -4.36. The Balaban J connectivity index is 3.31. The highest BCUT2D eigenvalue weighted by molar-refractivity contribution is 7.90. The fourth-order valence-corrected chi connectivity index (χ4v) is 2.77. The van der Waals surface area contributed by atoms with E-state index in [1.165, 1.54) is 0 Å². The maximum absolute atomic E-state index is 14.2. The predicted molar refractivity (Wildman–Crippen MR) is 87.4 cm³/mol. The normalized spacial score (nSPS) is 11.5. The molecule has 132 valence electrons. The van der Waals surface area contributed by atoms with Crippen LogP contribution in [-0.4, -0.2) is 27.6 Å². The SMILES string of the molecule is [C-]#[N+]COc1cc(S(=O)(=O)NC(C)=O)c(F)cc1NCC(C)(C)C. The molecule has 7 nitrogen and oxygen atoms in total. The molecule has 0 unspecified atom stereocenters. The largest absolute Gasteiger partial charge is 0.424 e. The lowest BCUT2D eigenvalue weighted by Crippen LogP contribution is -2.29. The first kappa shape index (κ1) is 19.7. The molecule has 0 radical (unpaired) electrons. The van der Waals surface area contributed by atoms with Gasteiger partial charge in [-0.15, -0.1) is 0 Å². The molecule has 24 heavy (non-hydrogen) atoms. The number of ether oxygens (including phenoxy) is 1. The highest BCUT2D eigenvalue weighted by Gasteiger charge is 2.24. The van der Waals surface area contributed by atoms with Crippen LogP contribution in [-0.2, 0) is 14.8 Å². The number of nitrogens with one attached hydrogen (secondary N) is 2. The Bertz CT molecular complexity index is 764. The Hall–Kier alpha value is -2.34. The van der Waals surface area contributed by atoms with E-state index >= 15 is 0 Å². The van der Waals surface area contributed by atoms with E-state index in [1.54, 1.807) is 4.72 Å². The average Bonchev–Trinajstić information content (AvgIpc) is 2.41. The molecule has 0 aliphatic rings. The van der Waals surface area contributed by atoms with Crippen molar-refractivity contribution in [3.63, 3.8) is 0 Å². The summed E-state index contributed by atoms with van der Waals surface area (Å²) in [6.07, 6.45) is 0. The molecular formula is C15H20FN3O4S. The number of carbonyl (C=O) groups excluding carboxylic acids is 1. The molecule has 9 heteroatoms. The molecule has 0 saturated carbocycles. The number of anilines is 1. The molecule has 0 spiro atoms. The Labute approximate surface area is 141 Å². The molecule has 0 saturated heterocycles. The smallest absolute Gasteiger partial charge is 0.357 e. The third kappa shape index (κ3) is 5.70. The fourth-order valence-electron chi connectivity index (χ4n) is 1.70. The van der Waals surface area contributed by atoms with Crippen molar-refractivity contribution in [2.24, 2.45) is 5.41 Å². The Morgan fingerprint density at radius 1 is 1.38 bits per heavy atom. The van der Waals surface area contributed by atoms with Gasteiger partial charge in [0, 0.05) is 25.6 Å². The number of nitrogens with zero attached hydrogens (tertiary/aromatic N) is 1. The molecule has 0 aromatic heterocycles. The van der Waals surface area contributed by atoms with Crippen molar-refractivity contribution in [3.8, 4) is 5.75 Å². The lowest BCUT2D eigenvalue weighted by molar-refractivity contribution is -0.117. The number of hydrogen-bond acceptors (Lipinski definition) is 5. The van der Waals surface area contributed by atoms with Gasteiger partial charge in [-0.3, -0.25) is 9.64 Å². The van der Waals surface area contributed by atoms with Crippen LogP contribution >= 0.6 is 0 Å². The van der Waals surface area contributed by atoms with Gasteiger partial charge in [-0.05, 0) is 5.41 Å². The summed E-state index contributed by atoms with van der Waals surface area (Å²) in [5.41, 5.74) is 0.113. The first-order valence-electron chi connectivity index (χ1n) is 7.03. The summed E-state index contributed by atoms with van der Waals surface area (Å²) in [4.78, 5) is 13.3. The standard InChI is InChI=1S/C15H20FN3O4S/c1-10(20)19-24(21,22)14-7-13(23-9-17-5)12(6-11(14)16)18-8-15(2,3)4/h6-7,18H,8-9H2,1-4H3,(H,19,20). The van der Waals surface area contributed by atoms with Crippen molar-refractivity contribution < 1.29 is 22.3 Å². The van der Waals surface area contributed by atoms with Crippen LogP contribution in [0.2, 0.25) is 0 Å². The van der Waals surface area contributed by atoms with Gasteiger partial charge in [0.2, 0.25) is 5.91 Å². The van der Waals surface area contributed by atoms with Gasteiger partial charge in [-0.25, -0.2) is 24.1 Å². The molecule has 0 atom stereocenters. The number of sulfonamides is 1. The van der Waals surface area contributed by atoms with E-state index in [2.05, 4.69) is 10.2 Å². The van der Waals surface area contributed by atoms with Crippen LogP contribution in [0.25, 0.3) is 4.85 Å². The van der Waals surface area contributed by atoms with E-state index in [0.29, 0.717) is 6.54 Å². The van der Waals surface area contributed by atoms with Gasteiger partial charge in [0.05, 0.1) is 5.69 Å². The number of benzene rings is 1. The number of rotatable bonds is 6. The zero-order valence-electron chi connectivity index (χ0n) is 13.9. The topological polar surface area (TPSA) is 88.9 Å². The van der Waals surface area contributed by atoms with E-state index in [1.807, 2.05) is 20.8 Å². The van der Waals surface area contributed by atoms with Crippen LogP contribution in [0.4, 0.5) is 10.1 Å². The second kappa shape index (κ2) is 7.49. The zero-order chi connectivity index (χ0) is 18.5. The van der Waals surface area contributed by atoms with E-state index in [4.69, 9.17) is 11.3 Å². The highest BCUT2D eigenvalue weighted by Crippen LogP contribution is 2.31. The molecule has 1 aromatic rings. The molecule has 2 N–H and O–H groups in total. The van der Waals surface area contributed by atoms with Gasteiger partial charge in [-0.1, -0.05) is 20.8 Å². The van der Waals surface area contributed by atoms with Crippen LogP contribution in [0, 0.1) is 17.8 Å². The van der Waals surface area contributed by atoms with Crippen LogP contribution in [0.3, 0.4) is 0 Å². The number of halogens is 1. The van der Waals surface area contributed by atoms with Gasteiger partial charge in [-0.2, -0.15) is 0 Å². The Kier molecular flexibility index (Phi) is 6.15. The van der Waals surface area contributed by atoms with E-state index in [9.17, 15) is 17.6 Å². The van der Waals surface area contributed by atoms with E-state index in [0.717, 1.165) is 19.1 Å². The minimum Gasteiger partial charge on any atom is -0.424 e. The van der Waals surface area contributed by atoms with Gasteiger partial charge in [0.25, 0.3) is 10.0 Å². The third-order valence-electron chi connectivity index (χ3n) is 2.70. The fraction of sp³-hybridized carbons (Fsp3) is 0.467. The van der Waals surface area contributed by atoms with Gasteiger partial charge in [0.1, 0.15) is 10.7 Å². The third-order valence-corrected chi connectivity index (χ3v) is 4.14. The maximum Gasteiger partial charge on any atom is 0.357 e. The molecular weight excluding hydrogens is 337 g/mol. The Morgan fingerprint density at radius 2 is 2.00 bits per heavy atom. The minimum absolute atomic E-state index is 0.0144. The molecule has 1 aromatic carbocycles. The highest BCUT2D eigenvalue weighted by atomic mass is 32.2. The molecule has 0 aliphatic carbocycles. The van der Waals surface area contributed by atoms with Crippen LogP contribution < -0.4 is 14.8 Å². The number of carbonyl (C=O) groups is 1. The predicted octanol–water partition coefficient (Wildman–Crippen LogP) is 2.36. The second-order valence-corrected chi connectivity index (χ2v) is 7.94. The zero-order valence-corrected chi connectivity index (χ0v) is 14.8. The molecule has 0 bridgehead atoms. The van der Waals surface area contributed by atoms with Crippen molar-refractivity contribution in [1.29, 1.82) is 0 Å². The van der Waals surface area contributed by atoms with E-state index < -0.39 is 26.6 Å². The van der Waals surface area contributed by atoms with Gasteiger partial charge in [0.15, 0.2) is 5.75 Å². The quantitative estimate of drug-likeness (QED) is 0.763. The summed E-state index contributed by atoms with van der Waals surface area (Å²) in [5.74, 6) is -1.86. The lowest BCUT2D eigenvalue weighted by atomic mass is 9.97. The van der Waals surface area contributed by atoms with Crippen LogP contribution in [0.1, 0.15) is 27.7 Å². The number of hydrogen-bond donors (Lipinski definition) is 2. The summed E-state index contributed by atoms with van der Waals surface area (Å²) in [7, 11) is -4.36. The lowest BCUT2D eigenvalue weighted by Gasteiger charge is -2.21.